The molecule has 0 saturated carbocycles. The van der Waals surface area contributed by atoms with Gasteiger partial charge in [0.15, 0.2) is 5.69 Å². The summed E-state index contributed by atoms with van der Waals surface area (Å²) in [6, 6.07) is 3.56. The van der Waals surface area contributed by atoms with E-state index in [9.17, 15) is 4.79 Å². The van der Waals surface area contributed by atoms with Crippen LogP contribution in [0.3, 0.4) is 0 Å². The number of nitrogens with zero attached hydrogens (tertiary/aromatic N) is 2. The van der Waals surface area contributed by atoms with Gasteiger partial charge in [0.1, 0.15) is 0 Å². The first kappa shape index (κ1) is 12.5. The first-order chi connectivity index (χ1) is 7.66. The van der Waals surface area contributed by atoms with Crippen LogP contribution < -0.4 is 4.90 Å². The smallest absolute Gasteiger partial charge is 0.356 e. The van der Waals surface area contributed by atoms with Crippen LogP contribution in [0.25, 0.3) is 0 Å². The number of carbonyl (C=O) groups is 1. The number of aromatic nitrogens is 1. The number of carboxylic acids is 1. The molecule has 1 aromatic heterocycles. The number of hydrogen-bond acceptors (Lipinski definition) is 3. The van der Waals surface area contributed by atoms with E-state index >= 15 is 0 Å². The lowest BCUT2D eigenvalue weighted by atomic mass is 10.2. The highest BCUT2D eigenvalue weighted by Crippen LogP contribution is 2.17. The molecule has 0 aromatic carbocycles. The fourth-order valence-corrected chi connectivity index (χ4v) is 1.59. The normalized spacial score (nSPS) is 10.1. The van der Waals surface area contributed by atoms with E-state index in [2.05, 4.69) is 11.9 Å². The quantitative estimate of drug-likeness (QED) is 0.751. The van der Waals surface area contributed by atoms with E-state index in [1.54, 1.807) is 12.1 Å². The van der Waals surface area contributed by atoms with Gasteiger partial charge in [-0.3, -0.25) is 0 Å². The highest BCUT2D eigenvalue weighted by molar-refractivity contribution is 5.92. The number of aromatic carboxylic acids is 1. The molecular weight excluding hydrogens is 204 g/mol. The maximum absolute atomic E-state index is 11.0. The van der Waals surface area contributed by atoms with Crippen molar-refractivity contribution in [3.63, 3.8) is 0 Å². The number of carboxylic acid groups (broad SMARTS) is 1. The van der Waals surface area contributed by atoms with Crippen LogP contribution in [0.15, 0.2) is 18.3 Å². The molecule has 0 aliphatic heterocycles. The lowest BCUT2D eigenvalue weighted by molar-refractivity contribution is 0.0691. The van der Waals surface area contributed by atoms with Gasteiger partial charge in [-0.2, -0.15) is 0 Å². The number of unbranched alkanes of at least 4 members (excludes halogenated alkanes) is 2. The molecule has 0 unspecified atom stereocenters. The Labute approximate surface area is 95.9 Å². The Balaban J connectivity index is 2.74. The van der Waals surface area contributed by atoms with E-state index in [4.69, 9.17) is 5.11 Å². The van der Waals surface area contributed by atoms with Crippen molar-refractivity contribution in [1.82, 2.24) is 4.98 Å². The molecule has 0 atom stereocenters. The van der Waals surface area contributed by atoms with Crippen LogP contribution in [0.4, 0.5) is 5.69 Å². The molecule has 1 aromatic rings. The van der Waals surface area contributed by atoms with Gasteiger partial charge in [-0.15, -0.1) is 0 Å². The third-order valence-corrected chi connectivity index (χ3v) is 2.50. The average Bonchev–Trinajstić information content (AvgIpc) is 2.29. The minimum absolute atomic E-state index is 0.126. The second kappa shape index (κ2) is 6.10. The zero-order valence-corrected chi connectivity index (χ0v) is 9.81. The summed E-state index contributed by atoms with van der Waals surface area (Å²) in [6.45, 7) is 3.01. The summed E-state index contributed by atoms with van der Waals surface area (Å²) in [5, 5.41) is 9.00. The molecule has 0 fully saturated rings. The van der Waals surface area contributed by atoms with Crippen molar-refractivity contribution in [2.45, 2.75) is 26.2 Å². The van der Waals surface area contributed by atoms with Crippen molar-refractivity contribution in [2.24, 2.45) is 0 Å². The molecule has 0 aliphatic rings. The zero-order valence-electron chi connectivity index (χ0n) is 9.81. The van der Waals surface area contributed by atoms with Gasteiger partial charge in [0.2, 0.25) is 0 Å². The van der Waals surface area contributed by atoms with E-state index in [1.807, 2.05) is 11.9 Å². The molecule has 88 valence electrons. The van der Waals surface area contributed by atoms with Crippen LogP contribution in [0.1, 0.15) is 36.7 Å². The van der Waals surface area contributed by atoms with Crippen LogP contribution in [-0.2, 0) is 0 Å². The lowest BCUT2D eigenvalue weighted by Crippen LogP contribution is -2.21. The summed E-state index contributed by atoms with van der Waals surface area (Å²) in [4.78, 5) is 16.8. The molecule has 16 heavy (non-hydrogen) atoms. The van der Waals surface area contributed by atoms with Gasteiger partial charge in [0.05, 0.1) is 5.69 Å². The third kappa shape index (κ3) is 3.22. The number of rotatable bonds is 6. The van der Waals surface area contributed by atoms with Crippen molar-refractivity contribution in [3.8, 4) is 0 Å². The topological polar surface area (TPSA) is 53.4 Å². The number of pyridine rings is 1. The SMILES string of the molecule is CCCCCN(C)c1cccnc1C(=O)O. The van der Waals surface area contributed by atoms with Crippen molar-refractivity contribution in [3.05, 3.63) is 24.0 Å². The van der Waals surface area contributed by atoms with Crippen LogP contribution in [0, 0.1) is 0 Å². The van der Waals surface area contributed by atoms with Gasteiger partial charge in [-0.1, -0.05) is 19.8 Å². The molecule has 4 heteroatoms. The van der Waals surface area contributed by atoms with Crippen molar-refractivity contribution >= 4 is 11.7 Å². The Morgan fingerprint density at radius 3 is 2.88 bits per heavy atom. The summed E-state index contributed by atoms with van der Waals surface area (Å²) < 4.78 is 0. The van der Waals surface area contributed by atoms with Gasteiger partial charge in [-0.25, -0.2) is 9.78 Å². The Hall–Kier alpha value is -1.58. The molecule has 0 radical (unpaired) electrons. The van der Waals surface area contributed by atoms with E-state index < -0.39 is 5.97 Å². The zero-order chi connectivity index (χ0) is 12.0. The van der Waals surface area contributed by atoms with Crippen LogP contribution in [0.5, 0.6) is 0 Å². The van der Waals surface area contributed by atoms with Crippen LogP contribution >= 0.6 is 0 Å². The molecule has 4 nitrogen and oxygen atoms in total. The predicted molar refractivity (Wildman–Crippen MR) is 64.0 cm³/mol. The fourth-order valence-electron chi connectivity index (χ4n) is 1.59. The standard InChI is InChI=1S/C12H18N2O2/c1-3-4-5-9-14(2)10-7-6-8-13-11(10)12(15)16/h6-8H,3-5,9H2,1-2H3,(H,15,16). The molecule has 1 N–H and O–H groups in total. The summed E-state index contributed by atoms with van der Waals surface area (Å²) in [6.07, 6.45) is 4.90. The Bertz CT molecular complexity index is 353. The summed E-state index contributed by atoms with van der Waals surface area (Å²) in [7, 11) is 1.90. The van der Waals surface area contributed by atoms with Crippen LogP contribution in [-0.4, -0.2) is 29.7 Å². The van der Waals surface area contributed by atoms with Crippen LogP contribution in [0.2, 0.25) is 0 Å². The molecule has 0 spiro atoms. The van der Waals surface area contributed by atoms with Crippen molar-refractivity contribution in [1.29, 1.82) is 0 Å². The lowest BCUT2D eigenvalue weighted by Gasteiger charge is -2.20. The summed E-state index contributed by atoms with van der Waals surface area (Å²) in [5.41, 5.74) is 0.813. The largest absolute Gasteiger partial charge is 0.476 e. The Morgan fingerprint density at radius 2 is 2.25 bits per heavy atom. The van der Waals surface area contributed by atoms with Crippen molar-refractivity contribution in [2.75, 3.05) is 18.5 Å². The third-order valence-electron chi connectivity index (χ3n) is 2.50. The second-order valence-electron chi connectivity index (χ2n) is 3.80. The second-order valence-corrected chi connectivity index (χ2v) is 3.80. The average molecular weight is 222 g/mol. The monoisotopic (exact) mass is 222 g/mol. The van der Waals surface area contributed by atoms with E-state index in [0.29, 0.717) is 5.69 Å². The number of hydrogen-bond donors (Lipinski definition) is 1. The van der Waals surface area contributed by atoms with Crippen molar-refractivity contribution < 1.29 is 9.90 Å². The predicted octanol–water partition coefficient (Wildman–Crippen LogP) is 2.41. The van der Waals surface area contributed by atoms with Gasteiger partial charge in [0.25, 0.3) is 0 Å². The summed E-state index contributed by atoms with van der Waals surface area (Å²) >= 11 is 0. The first-order valence-electron chi connectivity index (χ1n) is 5.56. The molecule has 0 saturated heterocycles. The molecule has 0 amide bonds. The van der Waals surface area contributed by atoms with E-state index in [0.717, 1.165) is 25.8 Å². The molecular formula is C12H18N2O2. The number of anilines is 1. The Kier molecular flexibility index (Phi) is 4.76. The van der Waals surface area contributed by atoms with E-state index in [1.165, 1.54) is 6.20 Å². The molecule has 0 aliphatic carbocycles. The summed E-state index contributed by atoms with van der Waals surface area (Å²) in [5.74, 6) is -0.974. The van der Waals surface area contributed by atoms with Gasteiger partial charge in [-0.05, 0) is 18.6 Å². The first-order valence-corrected chi connectivity index (χ1v) is 5.56. The van der Waals surface area contributed by atoms with Gasteiger partial charge in [0, 0.05) is 19.8 Å². The maximum atomic E-state index is 11.0. The Morgan fingerprint density at radius 1 is 1.50 bits per heavy atom. The highest BCUT2D eigenvalue weighted by atomic mass is 16.4. The molecule has 0 bridgehead atoms. The minimum Gasteiger partial charge on any atom is -0.476 e. The fraction of sp³-hybridized carbons (Fsp3) is 0.500. The van der Waals surface area contributed by atoms with Gasteiger partial charge < -0.3 is 10.0 Å². The minimum atomic E-state index is -0.974. The maximum Gasteiger partial charge on any atom is 0.356 e. The highest BCUT2D eigenvalue weighted by Gasteiger charge is 2.13. The molecule has 1 rings (SSSR count). The van der Waals surface area contributed by atoms with Gasteiger partial charge >= 0.3 is 5.97 Å². The molecule has 1 heterocycles. The van der Waals surface area contributed by atoms with E-state index in [-0.39, 0.29) is 5.69 Å².